The van der Waals surface area contributed by atoms with Gasteiger partial charge in [0.05, 0.1) is 0 Å². The summed E-state index contributed by atoms with van der Waals surface area (Å²) in [6, 6.07) is 3.24. The van der Waals surface area contributed by atoms with E-state index in [1.165, 1.54) is 6.20 Å². The van der Waals surface area contributed by atoms with Gasteiger partial charge in [0, 0.05) is 10.7 Å². The van der Waals surface area contributed by atoms with Crippen molar-refractivity contribution in [3.8, 4) is 0 Å². The van der Waals surface area contributed by atoms with E-state index in [0.29, 0.717) is 0 Å². The molecular formula is C6H6BrClN2O2S. The van der Waals surface area contributed by atoms with E-state index in [2.05, 4.69) is 25.6 Å². The van der Waals surface area contributed by atoms with Crippen LogP contribution in [0.5, 0.6) is 0 Å². The van der Waals surface area contributed by atoms with Crippen molar-refractivity contribution in [3.05, 3.63) is 22.8 Å². The molecule has 0 aliphatic rings. The predicted molar refractivity (Wildman–Crippen MR) is 55.2 cm³/mol. The summed E-state index contributed by atoms with van der Waals surface area (Å²) >= 11 is 8.38. The smallest absolute Gasteiger partial charge is 0.247 e. The average molecular weight is 286 g/mol. The number of anilines is 1. The van der Waals surface area contributed by atoms with Crippen molar-refractivity contribution in [2.45, 2.75) is 0 Å². The summed E-state index contributed by atoms with van der Waals surface area (Å²) in [6.45, 7) is 0. The van der Waals surface area contributed by atoms with Crippen molar-refractivity contribution in [2.24, 2.45) is 0 Å². The van der Waals surface area contributed by atoms with Crippen molar-refractivity contribution in [2.75, 3.05) is 9.93 Å². The third kappa shape index (κ3) is 3.50. The van der Waals surface area contributed by atoms with Crippen LogP contribution in [0.4, 0.5) is 5.82 Å². The summed E-state index contributed by atoms with van der Waals surface area (Å²) in [5.41, 5.74) is 0. The van der Waals surface area contributed by atoms with Crippen LogP contribution >= 0.6 is 27.5 Å². The van der Waals surface area contributed by atoms with Gasteiger partial charge in [-0.15, -0.1) is 11.6 Å². The van der Waals surface area contributed by atoms with Crippen LogP contribution in [0.1, 0.15) is 0 Å². The Bertz CT molecular complexity index is 395. The molecule has 0 saturated carbocycles. The van der Waals surface area contributed by atoms with E-state index in [1.54, 1.807) is 12.1 Å². The largest absolute Gasteiger partial charge is 0.266 e. The minimum absolute atomic E-state index is 0.245. The molecule has 13 heavy (non-hydrogen) atoms. The number of hydrogen-bond acceptors (Lipinski definition) is 3. The van der Waals surface area contributed by atoms with Crippen LogP contribution in [0.3, 0.4) is 0 Å². The van der Waals surface area contributed by atoms with Gasteiger partial charge in [-0.25, -0.2) is 13.4 Å². The van der Waals surface area contributed by atoms with Crippen LogP contribution in [0.2, 0.25) is 0 Å². The fraction of sp³-hybridized carbons (Fsp3) is 0.167. The quantitative estimate of drug-likeness (QED) is 0.861. The molecule has 0 radical (unpaired) electrons. The molecule has 0 aliphatic heterocycles. The third-order valence-corrected chi connectivity index (χ3v) is 3.29. The van der Waals surface area contributed by atoms with Crippen molar-refractivity contribution in [1.29, 1.82) is 0 Å². The predicted octanol–water partition coefficient (Wildman–Crippen LogP) is 1.78. The van der Waals surface area contributed by atoms with Crippen LogP contribution in [0.25, 0.3) is 0 Å². The third-order valence-electron chi connectivity index (χ3n) is 1.13. The van der Waals surface area contributed by atoms with Gasteiger partial charge in [-0.2, -0.15) is 0 Å². The standard InChI is InChI=1S/C6H6BrClN2O2S/c7-5-1-2-9-6(3-5)10-13(11,12)4-8/h1-3H,4H2,(H,9,10). The summed E-state index contributed by atoms with van der Waals surface area (Å²) in [7, 11) is -3.46. The molecule has 7 heteroatoms. The number of nitrogens with one attached hydrogen (secondary N) is 1. The summed E-state index contributed by atoms with van der Waals surface area (Å²) in [5.74, 6) is 0.245. The highest BCUT2D eigenvalue weighted by Gasteiger charge is 2.08. The molecule has 0 spiro atoms. The molecule has 0 fully saturated rings. The van der Waals surface area contributed by atoms with Crippen molar-refractivity contribution < 1.29 is 8.42 Å². The van der Waals surface area contributed by atoms with Crippen LogP contribution < -0.4 is 4.72 Å². The van der Waals surface area contributed by atoms with Gasteiger partial charge in [-0.1, -0.05) is 15.9 Å². The van der Waals surface area contributed by atoms with Gasteiger partial charge in [0.25, 0.3) is 0 Å². The zero-order chi connectivity index (χ0) is 9.90. The van der Waals surface area contributed by atoms with Gasteiger partial charge in [-0.3, -0.25) is 4.72 Å². The van der Waals surface area contributed by atoms with E-state index in [0.717, 1.165) is 4.47 Å². The first-order valence-corrected chi connectivity index (χ1v) is 6.19. The van der Waals surface area contributed by atoms with Gasteiger partial charge in [0.15, 0.2) is 0 Å². The van der Waals surface area contributed by atoms with E-state index in [-0.39, 0.29) is 5.82 Å². The van der Waals surface area contributed by atoms with E-state index in [1.807, 2.05) is 0 Å². The fourth-order valence-corrected chi connectivity index (χ4v) is 1.63. The SMILES string of the molecule is O=S(=O)(CCl)Nc1cc(Br)ccn1. The first-order chi connectivity index (χ1) is 6.03. The topological polar surface area (TPSA) is 59.1 Å². The van der Waals surface area contributed by atoms with Gasteiger partial charge in [0.1, 0.15) is 11.0 Å². The molecule has 1 aromatic rings. The fourth-order valence-electron chi connectivity index (χ4n) is 0.647. The molecule has 1 N–H and O–H groups in total. The van der Waals surface area contributed by atoms with E-state index in [4.69, 9.17) is 11.6 Å². The maximum Gasteiger partial charge on any atom is 0.247 e. The Kier molecular flexibility index (Phi) is 3.52. The van der Waals surface area contributed by atoms with E-state index < -0.39 is 15.2 Å². The molecule has 0 atom stereocenters. The zero-order valence-corrected chi connectivity index (χ0v) is 9.53. The lowest BCUT2D eigenvalue weighted by Crippen LogP contribution is -2.14. The minimum atomic E-state index is -3.46. The number of rotatable bonds is 3. The molecule has 0 aliphatic carbocycles. The van der Waals surface area contributed by atoms with Crippen LogP contribution in [0.15, 0.2) is 22.8 Å². The van der Waals surface area contributed by atoms with E-state index in [9.17, 15) is 8.42 Å². The number of nitrogens with zero attached hydrogens (tertiary/aromatic N) is 1. The molecule has 1 rings (SSSR count). The van der Waals surface area contributed by atoms with Gasteiger partial charge in [-0.05, 0) is 12.1 Å². The van der Waals surface area contributed by atoms with Gasteiger partial charge < -0.3 is 0 Å². The summed E-state index contributed by atoms with van der Waals surface area (Å²) in [6.07, 6.45) is 1.48. The number of hydrogen-bond donors (Lipinski definition) is 1. The Morgan fingerprint density at radius 2 is 2.31 bits per heavy atom. The normalized spacial score (nSPS) is 11.2. The van der Waals surface area contributed by atoms with Crippen LogP contribution in [-0.2, 0) is 10.0 Å². The Morgan fingerprint density at radius 1 is 1.62 bits per heavy atom. The lowest BCUT2D eigenvalue weighted by atomic mass is 10.5. The van der Waals surface area contributed by atoms with Crippen molar-refractivity contribution in [3.63, 3.8) is 0 Å². The number of aromatic nitrogens is 1. The van der Waals surface area contributed by atoms with Crippen LogP contribution in [-0.4, -0.2) is 18.6 Å². The first kappa shape index (κ1) is 10.7. The van der Waals surface area contributed by atoms with Crippen molar-refractivity contribution >= 4 is 43.4 Å². The number of halogens is 2. The summed E-state index contributed by atoms with van der Waals surface area (Å²) < 4.78 is 24.9. The monoisotopic (exact) mass is 284 g/mol. The molecule has 1 heterocycles. The Labute approximate surface area is 89.5 Å². The molecule has 0 aromatic carbocycles. The molecule has 0 saturated heterocycles. The molecular weight excluding hydrogens is 280 g/mol. The first-order valence-electron chi connectivity index (χ1n) is 3.21. The number of alkyl halides is 1. The van der Waals surface area contributed by atoms with Gasteiger partial charge >= 0.3 is 0 Å². The van der Waals surface area contributed by atoms with Crippen molar-refractivity contribution in [1.82, 2.24) is 4.98 Å². The van der Waals surface area contributed by atoms with Crippen LogP contribution in [0, 0.1) is 0 Å². The second-order valence-electron chi connectivity index (χ2n) is 2.19. The number of sulfonamides is 1. The lowest BCUT2D eigenvalue weighted by Gasteiger charge is -2.03. The Hall–Kier alpha value is -0.330. The zero-order valence-electron chi connectivity index (χ0n) is 6.37. The molecule has 72 valence electrons. The Morgan fingerprint density at radius 3 is 2.85 bits per heavy atom. The Balaban J connectivity index is 2.87. The molecule has 0 unspecified atom stereocenters. The van der Waals surface area contributed by atoms with E-state index >= 15 is 0 Å². The summed E-state index contributed by atoms with van der Waals surface area (Å²) in [4.78, 5) is 3.79. The molecule has 1 aromatic heterocycles. The minimum Gasteiger partial charge on any atom is -0.266 e. The highest BCUT2D eigenvalue weighted by Crippen LogP contribution is 2.13. The average Bonchev–Trinajstić information content (AvgIpc) is 2.03. The maximum atomic E-state index is 11.0. The highest BCUT2D eigenvalue weighted by atomic mass is 79.9. The summed E-state index contributed by atoms with van der Waals surface area (Å²) in [5, 5.41) is -0.485. The molecule has 0 amide bonds. The second-order valence-corrected chi connectivity index (χ2v) is 5.41. The maximum absolute atomic E-state index is 11.0. The van der Waals surface area contributed by atoms with Gasteiger partial charge in [0.2, 0.25) is 10.0 Å². The molecule has 4 nitrogen and oxygen atoms in total. The molecule has 0 bridgehead atoms. The highest BCUT2D eigenvalue weighted by molar-refractivity contribution is 9.10. The second kappa shape index (κ2) is 4.26. The lowest BCUT2D eigenvalue weighted by molar-refractivity contribution is 0.605. The number of pyridine rings is 1.